The second kappa shape index (κ2) is 4.05. The third-order valence-corrected chi connectivity index (χ3v) is 1.48. The van der Waals surface area contributed by atoms with E-state index in [9.17, 15) is 0 Å². The van der Waals surface area contributed by atoms with Crippen molar-refractivity contribution < 1.29 is 4.74 Å². The highest BCUT2D eigenvalue weighted by Gasteiger charge is 2.02. The zero-order valence-electron chi connectivity index (χ0n) is 6.53. The zero-order valence-corrected chi connectivity index (χ0v) is 6.53. The lowest BCUT2D eigenvalue weighted by molar-refractivity contribution is 0.181. The van der Waals surface area contributed by atoms with E-state index in [-0.39, 0.29) is 6.04 Å². The van der Waals surface area contributed by atoms with Crippen LogP contribution in [0.15, 0.2) is 24.5 Å². The van der Waals surface area contributed by atoms with Gasteiger partial charge >= 0.3 is 0 Å². The minimum atomic E-state index is -0.0389. The molecular weight excluding hydrogens is 140 g/mol. The summed E-state index contributed by atoms with van der Waals surface area (Å²) in [4.78, 5) is 3.89. The molecule has 0 aliphatic rings. The van der Waals surface area contributed by atoms with Crippen molar-refractivity contribution in [3.05, 3.63) is 30.1 Å². The molecule has 1 atom stereocenters. The van der Waals surface area contributed by atoms with Crippen molar-refractivity contribution in [3.63, 3.8) is 0 Å². The molecule has 0 aromatic carbocycles. The molecule has 0 radical (unpaired) electrons. The largest absolute Gasteiger partial charge is 0.383 e. The quantitative estimate of drug-likeness (QED) is 0.694. The highest BCUT2D eigenvalue weighted by atomic mass is 16.5. The van der Waals surface area contributed by atoms with Gasteiger partial charge in [-0.2, -0.15) is 0 Å². The van der Waals surface area contributed by atoms with Crippen LogP contribution >= 0.6 is 0 Å². The Hall–Kier alpha value is -0.930. The molecule has 0 amide bonds. The average Bonchev–Trinajstić information content (AvgIpc) is 2.07. The van der Waals surface area contributed by atoms with Crippen LogP contribution in [0.3, 0.4) is 0 Å². The summed E-state index contributed by atoms with van der Waals surface area (Å²) in [7, 11) is 1.64. The number of nitrogens with two attached hydrogens (primary N) is 1. The fourth-order valence-corrected chi connectivity index (χ4v) is 0.886. The van der Waals surface area contributed by atoms with Crippen molar-refractivity contribution in [1.82, 2.24) is 4.98 Å². The van der Waals surface area contributed by atoms with E-state index in [1.807, 2.05) is 12.1 Å². The third kappa shape index (κ3) is 2.29. The molecule has 0 aliphatic carbocycles. The van der Waals surface area contributed by atoms with Crippen LogP contribution in [0.4, 0.5) is 0 Å². The number of rotatable bonds is 3. The normalized spacial score (nSPS) is 12.9. The Kier molecular flexibility index (Phi) is 3.01. The summed E-state index contributed by atoms with van der Waals surface area (Å²) in [5, 5.41) is 0. The van der Waals surface area contributed by atoms with Gasteiger partial charge in [0, 0.05) is 19.5 Å². The number of nitrogens with zero attached hydrogens (tertiary/aromatic N) is 1. The van der Waals surface area contributed by atoms with Gasteiger partial charge in [-0.1, -0.05) is 0 Å². The monoisotopic (exact) mass is 152 g/mol. The highest BCUT2D eigenvalue weighted by molar-refractivity contribution is 5.14. The lowest BCUT2D eigenvalue weighted by Gasteiger charge is -2.09. The molecule has 2 N–H and O–H groups in total. The molecule has 3 heteroatoms. The van der Waals surface area contributed by atoms with Gasteiger partial charge in [-0.25, -0.2) is 0 Å². The summed E-state index contributed by atoms with van der Waals surface area (Å²) < 4.78 is 4.91. The van der Waals surface area contributed by atoms with E-state index >= 15 is 0 Å². The van der Waals surface area contributed by atoms with Crippen LogP contribution in [0.1, 0.15) is 11.6 Å². The van der Waals surface area contributed by atoms with Crippen LogP contribution in [0.25, 0.3) is 0 Å². The first kappa shape index (κ1) is 8.17. The predicted molar refractivity (Wildman–Crippen MR) is 43.0 cm³/mol. The fraction of sp³-hybridized carbons (Fsp3) is 0.375. The summed E-state index contributed by atoms with van der Waals surface area (Å²) in [5.74, 6) is 0. The van der Waals surface area contributed by atoms with Gasteiger partial charge in [-0.3, -0.25) is 4.98 Å². The Morgan fingerprint density at radius 3 is 2.73 bits per heavy atom. The summed E-state index contributed by atoms with van der Waals surface area (Å²) in [6, 6.07) is 3.75. The molecule has 60 valence electrons. The number of ether oxygens (including phenoxy) is 1. The smallest absolute Gasteiger partial charge is 0.0655 e. The second-order valence-electron chi connectivity index (χ2n) is 2.34. The average molecular weight is 152 g/mol. The van der Waals surface area contributed by atoms with E-state index in [4.69, 9.17) is 10.5 Å². The molecule has 1 aromatic rings. The van der Waals surface area contributed by atoms with Gasteiger partial charge < -0.3 is 10.5 Å². The van der Waals surface area contributed by atoms with Gasteiger partial charge in [0.2, 0.25) is 0 Å². The number of hydrogen-bond donors (Lipinski definition) is 1. The van der Waals surface area contributed by atoms with E-state index in [2.05, 4.69) is 4.98 Å². The molecular formula is C8H12N2O. The van der Waals surface area contributed by atoms with Gasteiger partial charge in [-0.15, -0.1) is 0 Å². The van der Waals surface area contributed by atoms with Crippen LogP contribution in [-0.4, -0.2) is 18.7 Å². The molecule has 1 aromatic heterocycles. The van der Waals surface area contributed by atoms with Gasteiger partial charge in [0.1, 0.15) is 0 Å². The van der Waals surface area contributed by atoms with Crippen LogP contribution < -0.4 is 5.73 Å². The predicted octanol–water partition coefficient (Wildman–Crippen LogP) is 0.728. The van der Waals surface area contributed by atoms with Crippen molar-refractivity contribution in [2.45, 2.75) is 6.04 Å². The molecule has 0 aliphatic heterocycles. The van der Waals surface area contributed by atoms with E-state index in [1.165, 1.54) is 0 Å². The molecule has 0 fully saturated rings. The standard InChI is InChI=1S/C8H12N2O/c1-11-6-8(9)7-2-4-10-5-3-7/h2-5,8H,6,9H2,1H3. The molecule has 11 heavy (non-hydrogen) atoms. The number of aromatic nitrogens is 1. The lowest BCUT2D eigenvalue weighted by atomic mass is 10.1. The Morgan fingerprint density at radius 1 is 1.55 bits per heavy atom. The molecule has 0 spiro atoms. The molecule has 1 rings (SSSR count). The van der Waals surface area contributed by atoms with Crippen molar-refractivity contribution in [1.29, 1.82) is 0 Å². The number of methoxy groups -OCH3 is 1. The molecule has 0 saturated carbocycles. The summed E-state index contributed by atoms with van der Waals surface area (Å²) >= 11 is 0. The summed E-state index contributed by atoms with van der Waals surface area (Å²) in [6.45, 7) is 0.546. The first-order chi connectivity index (χ1) is 5.34. The molecule has 1 heterocycles. The van der Waals surface area contributed by atoms with Gasteiger partial charge in [0.05, 0.1) is 12.6 Å². The van der Waals surface area contributed by atoms with E-state index in [0.29, 0.717) is 6.61 Å². The summed E-state index contributed by atoms with van der Waals surface area (Å²) in [5.41, 5.74) is 6.81. The summed E-state index contributed by atoms with van der Waals surface area (Å²) in [6.07, 6.45) is 3.45. The van der Waals surface area contributed by atoms with E-state index in [1.54, 1.807) is 19.5 Å². The molecule has 1 unspecified atom stereocenters. The maximum Gasteiger partial charge on any atom is 0.0655 e. The third-order valence-electron chi connectivity index (χ3n) is 1.48. The van der Waals surface area contributed by atoms with Gasteiger partial charge in [-0.05, 0) is 17.7 Å². The zero-order chi connectivity index (χ0) is 8.10. The highest BCUT2D eigenvalue weighted by Crippen LogP contribution is 2.07. The molecule has 0 saturated heterocycles. The Bertz CT molecular complexity index is 201. The SMILES string of the molecule is COCC(N)c1ccncc1. The lowest BCUT2D eigenvalue weighted by Crippen LogP contribution is -2.15. The minimum Gasteiger partial charge on any atom is -0.383 e. The maximum absolute atomic E-state index is 5.75. The fourth-order valence-electron chi connectivity index (χ4n) is 0.886. The van der Waals surface area contributed by atoms with Crippen LogP contribution in [0.2, 0.25) is 0 Å². The topological polar surface area (TPSA) is 48.1 Å². The van der Waals surface area contributed by atoms with Crippen molar-refractivity contribution in [2.75, 3.05) is 13.7 Å². The number of pyridine rings is 1. The van der Waals surface area contributed by atoms with Gasteiger partial charge in [0.25, 0.3) is 0 Å². The second-order valence-corrected chi connectivity index (χ2v) is 2.34. The molecule has 3 nitrogen and oxygen atoms in total. The molecule has 0 bridgehead atoms. The minimum absolute atomic E-state index is 0.0389. The van der Waals surface area contributed by atoms with Crippen LogP contribution in [0, 0.1) is 0 Å². The van der Waals surface area contributed by atoms with Crippen molar-refractivity contribution in [2.24, 2.45) is 5.73 Å². The maximum atomic E-state index is 5.75. The van der Waals surface area contributed by atoms with Gasteiger partial charge in [0.15, 0.2) is 0 Å². The first-order valence-electron chi connectivity index (χ1n) is 3.49. The van der Waals surface area contributed by atoms with Crippen LogP contribution in [0.5, 0.6) is 0 Å². The van der Waals surface area contributed by atoms with Crippen molar-refractivity contribution >= 4 is 0 Å². The van der Waals surface area contributed by atoms with Crippen LogP contribution in [-0.2, 0) is 4.74 Å². The van der Waals surface area contributed by atoms with E-state index in [0.717, 1.165) is 5.56 Å². The first-order valence-corrected chi connectivity index (χ1v) is 3.49. The Labute approximate surface area is 66.2 Å². The van der Waals surface area contributed by atoms with Crippen molar-refractivity contribution in [3.8, 4) is 0 Å². The van der Waals surface area contributed by atoms with E-state index < -0.39 is 0 Å². The Balaban J connectivity index is 2.61. The Morgan fingerprint density at radius 2 is 2.18 bits per heavy atom. The number of hydrogen-bond acceptors (Lipinski definition) is 3.